The van der Waals surface area contributed by atoms with Crippen LogP contribution in [0.2, 0.25) is 10.0 Å². The quantitative estimate of drug-likeness (QED) is 0.726. The van der Waals surface area contributed by atoms with Crippen molar-refractivity contribution >= 4 is 38.8 Å². The van der Waals surface area contributed by atoms with Crippen molar-refractivity contribution in [1.82, 2.24) is 4.98 Å². The van der Waals surface area contributed by atoms with Crippen LogP contribution in [0, 0.1) is 0 Å². The number of Topliss-reactive ketones (excluding diaryl/α,β-unsaturated/α-hetero) is 1. The van der Waals surface area contributed by atoms with Gasteiger partial charge in [0.15, 0.2) is 27.1 Å². The van der Waals surface area contributed by atoms with E-state index < -0.39 is 15.6 Å². The average Bonchev–Trinajstić information content (AvgIpc) is 3.02. The second-order valence-corrected chi connectivity index (χ2v) is 9.86. The number of sulfone groups is 1. The monoisotopic (exact) mass is 443 g/mol. The molecule has 1 fully saturated rings. The SMILES string of the molecule is O=C(Cc1c(Cl)cncc1Cl)c1ccc(O)c2c1OC1(CCS(=O)(=O)CC1)O2. The molecule has 28 heavy (non-hydrogen) atoms. The van der Waals surface area contributed by atoms with Crippen LogP contribution >= 0.6 is 23.2 Å². The van der Waals surface area contributed by atoms with E-state index in [0.29, 0.717) is 5.56 Å². The number of aromatic nitrogens is 1. The van der Waals surface area contributed by atoms with Crippen LogP contribution in [0.5, 0.6) is 17.2 Å². The lowest BCUT2D eigenvalue weighted by atomic mass is 10.0. The third-order valence-electron chi connectivity index (χ3n) is 4.85. The van der Waals surface area contributed by atoms with Gasteiger partial charge < -0.3 is 14.6 Å². The predicted octanol–water partition coefficient (Wildman–Crippen LogP) is 3.20. The van der Waals surface area contributed by atoms with Crippen LogP contribution < -0.4 is 9.47 Å². The number of pyridine rings is 1. The summed E-state index contributed by atoms with van der Waals surface area (Å²) >= 11 is 12.2. The van der Waals surface area contributed by atoms with Gasteiger partial charge in [-0.25, -0.2) is 8.42 Å². The third kappa shape index (κ3) is 3.40. The molecule has 0 saturated carbocycles. The molecule has 1 spiro atoms. The van der Waals surface area contributed by atoms with E-state index in [0.717, 1.165) is 0 Å². The standard InChI is InChI=1S/C18H15Cl2NO6S/c19-12-8-21-9-13(20)11(12)7-15(23)10-1-2-14(22)17-16(10)26-18(27-17)3-5-28(24,25)6-4-18/h1-2,8-9,22H,3-7H2. The highest BCUT2D eigenvalue weighted by molar-refractivity contribution is 7.91. The summed E-state index contributed by atoms with van der Waals surface area (Å²) < 4.78 is 35.2. The number of fused-ring (bicyclic) bond motifs is 1. The summed E-state index contributed by atoms with van der Waals surface area (Å²) in [6.45, 7) is 0. The first kappa shape index (κ1) is 19.3. The Morgan fingerprint density at radius 3 is 2.36 bits per heavy atom. The van der Waals surface area contributed by atoms with Crippen molar-refractivity contribution in [2.45, 2.75) is 25.0 Å². The highest BCUT2D eigenvalue weighted by atomic mass is 35.5. The molecule has 1 aromatic heterocycles. The van der Waals surface area contributed by atoms with Crippen molar-refractivity contribution in [3.05, 3.63) is 45.7 Å². The van der Waals surface area contributed by atoms with Crippen LogP contribution in [0.4, 0.5) is 0 Å². The summed E-state index contributed by atoms with van der Waals surface area (Å²) in [5.41, 5.74) is 0.629. The topological polar surface area (TPSA) is 103 Å². The van der Waals surface area contributed by atoms with Gasteiger partial charge in [-0.1, -0.05) is 23.2 Å². The second-order valence-electron chi connectivity index (χ2n) is 6.74. The number of hydrogen-bond donors (Lipinski definition) is 1. The maximum absolute atomic E-state index is 12.9. The van der Waals surface area contributed by atoms with Crippen LogP contribution in [0.3, 0.4) is 0 Å². The Labute approximate surface area is 171 Å². The summed E-state index contributed by atoms with van der Waals surface area (Å²) in [7, 11) is -3.15. The van der Waals surface area contributed by atoms with Gasteiger partial charge in [-0.05, 0) is 12.1 Å². The van der Waals surface area contributed by atoms with Crippen molar-refractivity contribution in [2.24, 2.45) is 0 Å². The fourth-order valence-corrected chi connectivity index (χ4v) is 5.23. The Bertz CT molecular complexity index is 1050. The zero-order valence-corrected chi connectivity index (χ0v) is 16.8. The van der Waals surface area contributed by atoms with Gasteiger partial charge in [0.1, 0.15) is 0 Å². The number of ether oxygens (including phenoxy) is 2. The molecule has 7 nitrogen and oxygen atoms in total. The average molecular weight is 444 g/mol. The molecule has 2 aliphatic rings. The zero-order valence-electron chi connectivity index (χ0n) is 14.4. The summed E-state index contributed by atoms with van der Waals surface area (Å²) in [4.78, 5) is 16.8. The summed E-state index contributed by atoms with van der Waals surface area (Å²) in [6, 6.07) is 2.77. The van der Waals surface area contributed by atoms with Crippen LogP contribution in [0.1, 0.15) is 28.8 Å². The minimum atomic E-state index is -3.15. The number of rotatable bonds is 3. The lowest BCUT2D eigenvalue weighted by Crippen LogP contribution is -2.46. The highest BCUT2D eigenvalue weighted by Crippen LogP contribution is 2.51. The molecule has 0 unspecified atom stereocenters. The number of hydrogen-bond acceptors (Lipinski definition) is 7. The van der Waals surface area contributed by atoms with Gasteiger partial charge in [-0.15, -0.1) is 0 Å². The van der Waals surface area contributed by atoms with E-state index in [9.17, 15) is 18.3 Å². The molecule has 2 aliphatic heterocycles. The van der Waals surface area contributed by atoms with Crippen molar-refractivity contribution < 1.29 is 27.8 Å². The third-order valence-corrected chi connectivity index (χ3v) is 7.15. The molecule has 3 heterocycles. The Kier molecular flexibility index (Phi) is 4.68. The Morgan fingerprint density at radius 1 is 1.11 bits per heavy atom. The number of carbonyl (C=O) groups excluding carboxylic acids is 1. The fraction of sp³-hybridized carbons (Fsp3) is 0.333. The van der Waals surface area contributed by atoms with Gasteiger partial charge in [0.05, 0.1) is 27.1 Å². The first-order valence-electron chi connectivity index (χ1n) is 8.45. The number of ketones is 1. The molecule has 1 saturated heterocycles. The molecular weight excluding hydrogens is 429 g/mol. The molecule has 0 radical (unpaired) electrons. The normalized spacial score (nSPS) is 18.9. The maximum atomic E-state index is 12.9. The van der Waals surface area contributed by atoms with Crippen molar-refractivity contribution in [3.63, 3.8) is 0 Å². The van der Waals surface area contributed by atoms with E-state index in [1.807, 2.05) is 0 Å². The van der Waals surface area contributed by atoms with Crippen LogP contribution in [-0.2, 0) is 16.3 Å². The first-order valence-corrected chi connectivity index (χ1v) is 11.0. The molecule has 148 valence electrons. The first-order chi connectivity index (χ1) is 13.2. The van der Waals surface area contributed by atoms with E-state index >= 15 is 0 Å². The number of halogens is 2. The molecule has 2 aromatic rings. The fourth-order valence-electron chi connectivity index (χ4n) is 3.28. The van der Waals surface area contributed by atoms with Gasteiger partial charge in [-0.2, -0.15) is 0 Å². The Hall–Kier alpha value is -2.03. The van der Waals surface area contributed by atoms with Crippen molar-refractivity contribution in [1.29, 1.82) is 0 Å². The molecule has 0 atom stereocenters. The zero-order chi connectivity index (χ0) is 20.1. The van der Waals surface area contributed by atoms with Gasteiger partial charge in [0.2, 0.25) is 5.75 Å². The number of phenols is 1. The predicted molar refractivity (Wildman–Crippen MR) is 102 cm³/mol. The van der Waals surface area contributed by atoms with Gasteiger partial charge >= 0.3 is 0 Å². The molecular formula is C18H15Cl2NO6S. The van der Waals surface area contributed by atoms with Crippen LogP contribution in [0.15, 0.2) is 24.5 Å². The lowest BCUT2D eigenvalue weighted by Gasteiger charge is -2.31. The molecule has 0 bridgehead atoms. The van der Waals surface area contributed by atoms with E-state index in [4.69, 9.17) is 32.7 Å². The van der Waals surface area contributed by atoms with Crippen molar-refractivity contribution in [2.75, 3.05) is 11.5 Å². The van der Waals surface area contributed by atoms with E-state index in [1.165, 1.54) is 24.5 Å². The number of aromatic hydroxyl groups is 1. The lowest BCUT2D eigenvalue weighted by molar-refractivity contribution is -0.0863. The number of phenolic OH excluding ortho intramolecular Hbond substituents is 1. The molecule has 1 aromatic carbocycles. The van der Waals surface area contributed by atoms with E-state index in [-0.39, 0.29) is 69.4 Å². The molecule has 1 N–H and O–H groups in total. The van der Waals surface area contributed by atoms with Crippen LogP contribution in [0.25, 0.3) is 0 Å². The molecule has 0 aliphatic carbocycles. The van der Waals surface area contributed by atoms with E-state index in [2.05, 4.69) is 4.98 Å². The summed E-state index contributed by atoms with van der Waals surface area (Å²) in [5, 5.41) is 10.7. The van der Waals surface area contributed by atoms with Crippen molar-refractivity contribution in [3.8, 4) is 17.2 Å². The minimum Gasteiger partial charge on any atom is -0.504 e. The molecule has 10 heteroatoms. The highest BCUT2D eigenvalue weighted by Gasteiger charge is 2.48. The molecule has 0 amide bonds. The van der Waals surface area contributed by atoms with Crippen LogP contribution in [-0.4, -0.2) is 41.6 Å². The largest absolute Gasteiger partial charge is 0.504 e. The number of benzene rings is 1. The minimum absolute atomic E-state index is 0.0390. The number of carbonyl (C=O) groups is 1. The van der Waals surface area contributed by atoms with Gasteiger partial charge in [0.25, 0.3) is 5.79 Å². The Balaban J connectivity index is 1.65. The van der Waals surface area contributed by atoms with E-state index in [1.54, 1.807) is 0 Å². The second kappa shape index (κ2) is 6.79. The summed E-state index contributed by atoms with van der Waals surface area (Å²) in [5.74, 6) is -1.76. The number of nitrogens with zero attached hydrogens (tertiary/aromatic N) is 1. The maximum Gasteiger partial charge on any atom is 0.253 e. The summed E-state index contributed by atoms with van der Waals surface area (Å²) in [6.07, 6.45) is 2.92. The van der Waals surface area contributed by atoms with Gasteiger partial charge in [-0.3, -0.25) is 9.78 Å². The smallest absolute Gasteiger partial charge is 0.253 e. The van der Waals surface area contributed by atoms with Gasteiger partial charge in [0, 0.05) is 37.2 Å². The molecule has 4 rings (SSSR count). The Morgan fingerprint density at radius 2 is 1.71 bits per heavy atom.